The van der Waals surface area contributed by atoms with Crippen LogP contribution in [0.25, 0.3) is 0 Å². The fraction of sp³-hybridized carbons (Fsp3) is 0.321. The molecular formula is C28H33NO3. The number of nitrogens with one attached hydrogen (secondary N) is 1. The zero-order chi connectivity index (χ0) is 23.1. The maximum atomic E-state index is 12.9. The minimum atomic E-state index is -0.125. The van der Waals surface area contributed by atoms with Crippen LogP contribution in [0.15, 0.2) is 72.8 Å². The summed E-state index contributed by atoms with van der Waals surface area (Å²) in [6.45, 7) is 11.3. The number of benzene rings is 3. The Morgan fingerprint density at radius 3 is 2.25 bits per heavy atom. The molecule has 1 N–H and O–H groups in total. The van der Waals surface area contributed by atoms with Crippen LogP contribution in [0, 0.1) is 0 Å². The third kappa shape index (κ3) is 6.13. The molecule has 0 bridgehead atoms. The van der Waals surface area contributed by atoms with E-state index in [-0.39, 0.29) is 17.4 Å². The summed E-state index contributed by atoms with van der Waals surface area (Å²) in [4.78, 5) is 12.9. The predicted octanol–water partition coefficient (Wildman–Crippen LogP) is 6.45. The summed E-state index contributed by atoms with van der Waals surface area (Å²) in [5, 5.41) is 3.06. The van der Waals surface area contributed by atoms with E-state index in [9.17, 15) is 4.79 Å². The number of carbonyl (C=O) groups excluding carboxylic acids is 1. The maximum absolute atomic E-state index is 12.9. The van der Waals surface area contributed by atoms with Crippen molar-refractivity contribution in [3.8, 4) is 11.5 Å². The molecule has 1 atom stereocenters. The van der Waals surface area contributed by atoms with Gasteiger partial charge >= 0.3 is 0 Å². The zero-order valence-corrected chi connectivity index (χ0v) is 19.6. The van der Waals surface area contributed by atoms with Crippen molar-refractivity contribution in [1.29, 1.82) is 0 Å². The first kappa shape index (κ1) is 23.4. The van der Waals surface area contributed by atoms with Gasteiger partial charge in [-0.05, 0) is 60.7 Å². The van der Waals surface area contributed by atoms with E-state index in [1.807, 2.05) is 68.4 Å². The van der Waals surface area contributed by atoms with E-state index in [1.165, 1.54) is 5.56 Å². The van der Waals surface area contributed by atoms with Crippen LogP contribution in [0.5, 0.6) is 11.5 Å². The lowest BCUT2D eigenvalue weighted by Gasteiger charge is -2.19. The van der Waals surface area contributed by atoms with E-state index in [4.69, 9.17) is 9.47 Å². The number of amides is 1. The van der Waals surface area contributed by atoms with Crippen LogP contribution < -0.4 is 14.8 Å². The van der Waals surface area contributed by atoms with Crippen molar-refractivity contribution in [2.75, 3.05) is 6.61 Å². The Bertz CT molecular complexity index is 1020. The summed E-state index contributed by atoms with van der Waals surface area (Å²) in [5.41, 5.74) is 3.84. The van der Waals surface area contributed by atoms with Crippen LogP contribution >= 0.6 is 0 Å². The molecule has 32 heavy (non-hydrogen) atoms. The Kier molecular flexibility index (Phi) is 7.57. The Hall–Kier alpha value is -3.27. The fourth-order valence-corrected chi connectivity index (χ4v) is 3.45. The van der Waals surface area contributed by atoms with E-state index in [1.54, 1.807) is 6.07 Å². The number of rotatable bonds is 8. The summed E-state index contributed by atoms with van der Waals surface area (Å²) < 4.78 is 11.8. The highest BCUT2D eigenvalue weighted by Gasteiger charge is 2.15. The van der Waals surface area contributed by atoms with Gasteiger partial charge in [-0.1, -0.05) is 63.2 Å². The second-order valence-electron chi connectivity index (χ2n) is 8.92. The molecule has 0 aliphatic rings. The normalized spacial score (nSPS) is 12.2. The summed E-state index contributed by atoms with van der Waals surface area (Å²) in [5.74, 6) is 1.39. The smallest absolute Gasteiger partial charge is 0.251 e. The molecule has 0 saturated carbocycles. The molecule has 3 rings (SSSR count). The number of hydrogen-bond acceptors (Lipinski definition) is 3. The fourth-order valence-electron chi connectivity index (χ4n) is 3.45. The molecular weight excluding hydrogens is 398 g/mol. The molecule has 0 heterocycles. The molecule has 4 heteroatoms. The van der Waals surface area contributed by atoms with E-state index in [0.717, 1.165) is 22.6 Å². The highest BCUT2D eigenvalue weighted by atomic mass is 16.5. The molecule has 0 saturated heterocycles. The van der Waals surface area contributed by atoms with Crippen LogP contribution in [0.2, 0.25) is 0 Å². The first-order valence-electron chi connectivity index (χ1n) is 11.1. The SMILES string of the molecule is CCOc1ccc(C(=O)NC(C)c2ccccc2)cc1COc1ccc(C(C)(C)C)cc1. The summed E-state index contributed by atoms with van der Waals surface area (Å²) >= 11 is 0. The first-order chi connectivity index (χ1) is 15.3. The standard InChI is InChI=1S/C28H33NO3/c1-6-31-26-17-12-22(27(30)29-20(2)21-10-8-7-9-11-21)18-23(26)19-32-25-15-13-24(14-16-25)28(3,4)5/h7-18,20H,6,19H2,1-5H3,(H,29,30). The van der Waals surface area contributed by atoms with Gasteiger partial charge in [-0.3, -0.25) is 4.79 Å². The average Bonchev–Trinajstić information content (AvgIpc) is 2.78. The van der Waals surface area contributed by atoms with Crippen molar-refractivity contribution in [2.45, 2.75) is 52.7 Å². The maximum Gasteiger partial charge on any atom is 0.251 e. The molecule has 168 valence electrons. The van der Waals surface area contributed by atoms with Crippen LogP contribution in [0.4, 0.5) is 0 Å². The molecule has 3 aromatic rings. The van der Waals surface area contributed by atoms with E-state index >= 15 is 0 Å². The topological polar surface area (TPSA) is 47.6 Å². The lowest BCUT2D eigenvalue weighted by atomic mass is 9.87. The first-order valence-corrected chi connectivity index (χ1v) is 11.1. The van der Waals surface area contributed by atoms with Gasteiger partial charge in [0.2, 0.25) is 0 Å². The van der Waals surface area contributed by atoms with E-state index in [2.05, 4.69) is 38.2 Å². The van der Waals surface area contributed by atoms with Crippen LogP contribution in [0.1, 0.15) is 67.7 Å². The minimum Gasteiger partial charge on any atom is -0.493 e. The largest absolute Gasteiger partial charge is 0.493 e. The van der Waals surface area contributed by atoms with Gasteiger partial charge in [-0.2, -0.15) is 0 Å². The monoisotopic (exact) mass is 431 g/mol. The van der Waals surface area contributed by atoms with Gasteiger partial charge in [0.15, 0.2) is 0 Å². The third-order valence-corrected chi connectivity index (χ3v) is 5.38. The van der Waals surface area contributed by atoms with Crippen molar-refractivity contribution < 1.29 is 14.3 Å². The van der Waals surface area contributed by atoms with Gasteiger partial charge in [0, 0.05) is 11.1 Å². The molecule has 0 spiro atoms. The average molecular weight is 432 g/mol. The summed E-state index contributed by atoms with van der Waals surface area (Å²) in [7, 11) is 0. The van der Waals surface area contributed by atoms with Crippen molar-refractivity contribution >= 4 is 5.91 Å². The van der Waals surface area contributed by atoms with Crippen molar-refractivity contribution in [1.82, 2.24) is 5.32 Å². The zero-order valence-electron chi connectivity index (χ0n) is 19.6. The summed E-state index contributed by atoms with van der Waals surface area (Å²) in [6.07, 6.45) is 0. The molecule has 1 amide bonds. The second-order valence-corrected chi connectivity index (χ2v) is 8.92. The van der Waals surface area contributed by atoms with Crippen LogP contribution in [-0.4, -0.2) is 12.5 Å². The van der Waals surface area contributed by atoms with E-state index in [0.29, 0.717) is 18.8 Å². The molecule has 3 aromatic carbocycles. The lowest BCUT2D eigenvalue weighted by Crippen LogP contribution is -2.26. The lowest BCUT2D eigenvalue weighted by molar-refractivity contribution is 0.0939. The van der Waals surface area contributed by atoms with Crippen molar-refractivity contribution in [3.63, 3.8) is 0 Å². The molecule has 4 nitrogen and oxygen atoms in total. The second kappa shape index (κ2) is 10.4. The predicted molar refractivity (Wildman–Crippen MR) is 129 cm³/mol. The number of ether oxygens (including phenoxy) is 2. The quantitative estimate of drug-likeness (QED) is 0.446. The Balaban J connectivity index is 1.73. The molecule has 0 aromatic heterocycles. The molecule has 0 aliphatic carbocycles. The Morgan fingerprint density at radius 1 is 0.938 bits per heavy atom. The molecule has 0 aliphatic heterocycles. The third-order valence-electron chi connectivity index (χ3n) is 5.38. The van der Waals surface area contributed by atoms with E-state index < -0.39 is 0 Å². The van der Waals surface area contributed by atoms with Gasteiger partial charge in [-0.15, -0.1) is 0 Å². The van der Waals surface area contributed by atoms with Gasteiger partial charge < -0.3 is 14.8 Å². The van der Waals surface area contributed by atoms with Gasteiger partial charge in [0.1, 0.15) is 18.1 Å². The number of hydrogen-bond donors (Lipinski definition) is 1. The van der Waals surface area contributed by atoms with Crippen molar-refractivity contribution in [2.24, 2.45) is 0 Å². The minimum absolute atomic E-state index is 0.0868. The van der Waals surface area contributed by atoms with Crippen LogP contribution in [0.3, 0.4) is 0 Å². The summed E-state index contributed by atoms with van der Waals surface area (Å²) in [6, 6.07) is 23.5. The Labute approximate surface area is 191 Å². The highest BCUT2D eigenvalue weighted by Crippen LogP contribution is 2.26. The Morgan fingerprint density at radius 2 is 1.62 bits per heavy atom. The van der Waals surface area contributed by atoms with Crippen LogP contribution in [-0.2, 0) is 12.0 Å². The number of carbonyl (C=O) groups is 1. The van der Waals surface area contributed by atoms with Gasteiger partial charge in [-0.25, -0.2) is 0 Å². The molecule has 1 unspecified atom stereocenters. The van der Waals surface area contributed by atoms with Gasteiger partial charge in [0.05, 0.1) is 12.6 Å². The molecule has 0 fully saturated rings. The van der Waals surface area contributed by atoms with Gasteiger partial charge in [0.25, 0.3) is 5.91 Å². The molecule has 0 radical (unpaired) electrons. The van der Waals surface area contributed by atoms with Crippen molar-refractivity contribution in [3.05, 3.63) is 95.1 Å². The highest BCUT2D eigenvalue weighted by molar-refractivity contribution is 5.94.